The number of nitrogens with one attached hydrogen (secondary N) is 1. The SMILES string of the molecule is CC(C)c1cc(C(=O)NCC(C)C(C)C)cc(N)n1. The minimum absolute atomic E-state index is 0.0801. The first-order valence-corrected chi connectivity index (χ1v) is 6.87. The molecule has 4 nitrogen and oxygen atoms in total. The molecule has 0 aliphatic heterocycles. The normalized spacial score (nSPS) is 12.8. The van der Waals surface area contributed by atoms with Crippen LogP contribution in [0.4, 0.5) is 5.82 Å². The first kappa shape index (κ1) is 15.5. The molecule has 0 radical (unpaired) electrons. The van der Waals surface area contributed by atoms with E-state index < -0.39 is 0 Å². The van der Waals surface area contributed by atoms with E-state index >= 15 is 0 Å². The van der Waals surface area contributed by atoms with Gasteiger partial charge >= 0.3 is 0 Å². The highest BCUT2D eigenvalue weighted by atomic mass is 16.1. The molecule has 0 saturated carbocycles. The lowest BCUT2D eigenvalue weighted by Gasteiger charge is -2.16. The molecule has 0 aromatic carbocycles. The topological polar surface area (TPSA) is 68.0 Å². The molecule has 1 aromatic heterocycles. The van der Waals surface area contributed by atoms with Crippen LogP contribution >= 0.6 is 0 Å². The van der Waals surface area contributed by atoms with Gasteiger partial charge in [-0.05, 0) is 29.9 Å². The Morgan fingerprint density at radius 2 is 1.89 bits per heavy atom. The van der Waals surface area contributed by atoms with Crippen LogP contribution in [-0.4, -0.2) is 17.4 Å². The van der Waals surface area contributed by atoms with Crippen molar-refractivity contribution in [3.05, 3.63) is 23.4 Å². The van der Waals surface area contributed by atoms with Crippen molar-refractivity contribution in [2.24, 2.45) is 11.8 Å². The van der Waals surface area contributed by atoms with Crippen LogP contribution < -0.4 is 11.1 Å². The van der Waals surface area contributed by atoms with E-state index in [9.17, 15) is 4.79 Å². The largest absolute Gasteiger partial charge is 0.384 e. The van der Waals surface area contributed by atoms with Gasteiger partial charge in [-0.15, -0.1) is 0 Å². The molecule has 3 N–H and O–H groups in total. The Morgan fingerprint density at radius 3 is 2.42 bits per heavy atom. The maximum Gasteiger partial charge on any atom is 0.251 e. The van der Waals surface area contributed by atoms with E-state index in [1.165, 1.54) is 0 Å². The Morgan fingerprint density at radius 1 is 1.26 bits per heavy atom. The van der Waals surface area contributed by atoms with E-state index in [0.29, 0.717) is 29.8 Å². The van der Waals surface area contributed by atoms with Gasteiger partial charge in [-0.3, -0.25) is 4.79 Å². The summed E-state index contributed by atoms with van der Waals surface area (Å²) < 4.78 is 0. The molecule has 0 aliphatic rings. The maximum atomic E-state index is 12.1. The molecule has 1 aromatic rings. The predicted octanol–water partition coefficient (Wildman–Crippen LogP) is 2.81. The molecular weight excluding hydrogens is 238 g/mol. The minimum atomic E-state index is -0.0801. The van der Waals surface area contributed by atoms with Crippen LogP contribution in [0.5, 0.6) is 0 Å². The highest BCUT2D eigenvalue weighted by Crippen LogP contribution is 2.16. The van der Waals surface area contributed by atoms with Gasteiger partial charge in [-0.1, -0.05) is 34.6 Å². The summed E-state index contributed by atoms with van der Waals surface area (Å²) in [6.07, 6.45) is 0. The number of carbonyl (C=O) groups is 1. The predicted molar refractivity (Wildman–Crippen MR) is 79.1 cm³/mol. The van der Waals surface area contributed by atoms with Gasteiger partial charge in [0.05, 0.1) is 0 Å². The summed E-state index contributed by atoms with van der Waals surface area (Å²) in [6, 6.07) is 3.44. The van der Waals surface area contributed by atoms with Crippen molar-refractivity contribution in [3.63, 3.8) is 0 Å². The van der Waals surface area contributed by atoms with Gasteiger partial charge in [0.25, 0.3) is 5.91 Å². The number of hydrogen-bond donors (Lipinski definition) is 2. The van der Waals surface area contributed by atoms with E-state index in [1.54, 1.807) is 6.07 Å². The van der Waals surface area contributed by atoms with Gasteiger partial charge < -0.3 is 11.1 Å². The van der Waals surface area contributed by atoms with Gasteiger partial charge in [0.1, 0.15) is 5.82 Å². The van der Waals surface area contributed by atoms with Crippen molar-refractivity contribution < 1.29 is 4.79 Å². The van der Waals surface area contributed by atoms with Crippen molar-refractivity contribution >= 4 is 11.7 Å². The summed E-state index contributed by atoms with van der Waals surface area (Å²) >= 11 is 0. The first-order chi connectivity index (χ1) is 8.81. The van der Waals surface area contributed by atoms with E-state index in [1.807, 2.05) is 19.9 Å². The van der Waals surface area contributed by atoms with Gasteiger partial charge in [-0.25, -0.2) is 4.98 Å². The van der Waals surface area contributed by atoms with Crippen molar-refractivity contribution in [1.82, 2.24) is 10.3 Å². The second-order valence-corrected chi connectivity index (χ2v) is 5.79. The number of amides is 1. The molecule has 106 valence electrons. The monoisotopic (exact) mass is 263 g/mol. The lowest BCUT2D eigenvalue weighted by Crippen LogP contribution is -2.30. The number of pyridine rings is 1. The number of hydrogen-bond acceptors (Lipinski definition) is 3. The molecule has 19 heavy (non-hydrogen) atoms. The number of nitrogen functional groups attached to an aromatic ring is 1. The van der Waals surface area contributed by atoms with E-state index in [0.717, 1.165) is 5.69 Å². The van der Waals surface area contributed by atoms with Crippen LogP contribution in [0.25, 0.3) is 0 Å². The average molecular weight is 263 g/mol. The molecule has 1 rings (SSSR count). The van der Waals surface area contributed by atoms with Crippen LogP contribution in [0.15, 0.2) is 12.1 Å². The van der Waals surface area contributed by atoms with E-state index in [2.05, 4.69) is 31.1 Å². The highest BCUT2D eigenvalue weighted by molar-refractivity contribution is 5.94. The quantitative estimate of drug-likeness (QED) is 0.858. The van der Waals surface area contributed by atoms with Gasteiger partial charge in [0.2, 0.25) is 0 Å². The Balaban J connectivity index is 2.77. The zero-order valence-corrected chi connectivity index (χ0v) is 12.5. The fourth-order valence-corrected chi connectivity index (χ4v) is 1.59. The molecule has 0 saturated heterocycles. The molecule has 4 heteroatoms. The summed E-state index contributed by atoms with van der Waals surface area (Å²) in [5.74, 6) is 1.57. The molecule has 1 unspecified atom stereocenters. The van der Waals surface area contributed by atoms with Crippen LogP contribution in [-0.2, 0) is 0 Å². The zero-order valence-electron chi connectivity index (χ0n) is 12.5. The molecule has 0 spiro atoms. The van der Waals surface area contributed by atoms with Crippen LogP contribution in [0.2, 0.25) is 0 Å². The lowest BCUT2D eigenvalue weighted by molar-refractivity contribution is 0.0944. The molecule has 1 atom stereocenters. The second kappa shape index (κ2) is 6.55. The molecule has 1 amide bonds. The van der Waals surface area contributed by atoms with Crippen LogP contribution in [0, 0.1) is 11.8 Å². The first-order valence-electron chi connectivity index (χ1n) is 6.87. The van der Waals surface area contributed by atoms with E-state index in [4.69, 9.17) is 5.73 Å². The molecule has 1 heterocycles. The Kier molecular flexibility index (Phi) is 5.33. The number of aromatic nitrogens is 1. The van der Waals surface area contributed by atoms with Gasteiger partial charge in [-0.2, -0.15) is 0 Å². The Labute approximate surface area is 115 Å². The summed E-state index contributed by atoms with van der Waals surface area (Å²) in [5, 5.41) is 2.95. The maximum absolute atomic E-state index is 12.1. The minimum Gasteiger partial charge on any atom is -0.384 e. The summed E-state index contributed by atoms with van der Waals surface area (Å²) in [7, 11) is 0. The average Bonchev–Trinajstić information content (AvgIpc) is 2.34. The molecular formula is C15H25N3O. The third-order valence-electron chi connectivity index (χ3n) is 3.44. The van der Waals surface area contributed by atoms with Crippen molar-refractivity contribution in [1.29, 1.82) is 0 Å². The molecule has 0 aliphatic carbocycles. The lowest BCUT2D eigenvalue weighted by atomic mass is 9.98. The standard InChI is InChI=1S/C15H25N3O/c1-9(2)11(5)8-17-15(19)12-6-13(10(3)4)18-14(16)7-12/h6-7,9-11H,8H2,1-5H3,(H2,16,18)(H,17,19). The Hall–Kier alpha value is -1.58. The molecule has 0 fully saturated rings. The number of rotatable bonds is 5. The van der Waals surface area contributed by atoms with Crippen LogP contribution in [0.3, 0.4) is 0 Å². The highest BCUT2D eigenvalue weighted by Gasteiger charge is 2.13. The fourth-order valence-electron chi connectivity index (χ4n) is 1.59. The number of nitrogens with zero attached hydrogens (tertiary/aromatic N) is 1. The van der Waals surface area contributed by atoms with Gasteiger partial charge in [0.15, 0.2) is 0 Å². The number of nitrogens with two attached hydrogens (primary N) is 1. The summed E-state index contributed by atoms with van der Waals surface area (Å²) in [4.78, 5) is 16.3. The van der Waals surface area contributed by atoms with Crippen molar-refractivity contribution in [2.75, 3.05) is 12.3 Å². The Bertz CT molecular complexity index is 441. The van der Waals surface area contributed by atoms with Crippen molar-refractivity contribution in [2.45, 2.75) is 40.5 Å². The summed E-state index contributed by atoms with van der Waals surface area (Å²) in [5.41, 5.74) is 7.19. The number of carbonyl (C=O) groups excluding carboxylic acids is 1. The van der Waals surface area contributed by atoms with E-state index in [-0.39, 0.29) is 11.8 Å². The molecule has 0 bridgehead atoms. The number of anilines is 1. The third kappa shape index (κ3) is 4.54. The second-order valence-electron chi connectivity index (χ2n) is 5.79. The van der Waals surface area contributed by atoms with Crippen molar-refractivity contribution in [3.8, 4) is 0 Å². The van der Waals surface area contributed by atoms with Crippen LogP contribution in [0.1, 0.15) is 56.6 Å². The zero-order chi connectivity index (χ0) is 14.6. The smallest absolute Gasteiger partial charge is 0.251 e. The fraction of sp³-hybridized carbons (Fsp3) is 0.600. The van der Waals surface area contributed by atoms with Gasteiger partial charge in [0, 0.05) is 17.8 Å². The third-order valence-corrected chi connectivity index (χ3v) is 3.44. The summed E-state index contributed by atoms with van der Waals surface area (Å²) in [6.45, 7) is 11.2.